The second kappa shape index (κ2) is 8.48. The van der Waals surface area contributed by atoms with Gasteiger partial charge in [0.1, 0.15) is 0 Å². The Labute approximate surface area is 144 Å². The van der Waals surface area contributed by atoms with Crippen LogP contribution in [0.15, 0.2) is 53.0 Å². The molecule has 120 valence electrons. The van der Waals surface area contributed by atoms with Crippen molar-refractivity contribution in [2.24, 2.45) is 0 Å². The van der Waals surface area contributed by atoms with Crippen molar-refractivity contribution in [3.05, 3.63) is 69.7 Å². The molecule has 2 aromatic rings. The molecule has 0 atom stereocenters. The van der Waals surface area contributed by atoms with E-state index in [1.165, 1.54) is 11.1 Å². The lowest BCUT2D eigenvalue weighted by molar-refractivity contribution is -0.120. The molecular weight excluding hydrogens is 356 g/mol. The summed E-state index contributed by atoms with van der Waals surface area (Å²) in [5, 5.41) is 5.43. The minimum Gasteiger partial charge on any atom is -0.354 e. The van der Waals surface area contributed by atoms with Gasteiger partial charge in [-0.15, -0.1) is 0 Å². The first-order chi connectivity index (χ1) is 11.1. The van der Waals surface area contributed by atoms with Gasteiger partial charge in [-0.25, -0.2) is 0 Å². The summed E-state index contributed by atoms with van der Waals surface area (Å²) in [5.74, 6) is -0.467. The Balaban J connectivity index is 1.74. The average Bonchev–Trinajstić information content (AvgIpc) is 2.55. The topological polar surface area (TPSA) is 58.2 Å². The lowest BCUT2D eigenvalue weighted by atomic mass is 10.1. The van der Waals surface area contributed by atoms with Crippen molar-refractivity contribution in [1.82, 2.24) is 10.6 Å². The van der Waals surface area contributed by atoms with Crippen molar-refractivity contribution >= 4 is 27.7 Å². The Bertz CT molecular complexity index is 701. The number of amides is 2. The molecule has 0 bridgehead atoms. The molecule has 5 heteroatoms. The summed E-state index contributed by atoms with van der Waals surface area (Å²) in [4.78, 5) is 23.8. The van der Waals surface area contributed by atoms with Crippen LogP contribution < -0.4 is 10.6 Å². The van der Waals surface area contributed by atoms with Crippen LogP contribution in [-0.4, -0.2) is 24.9 Å². The molecule has 4 nitrogen and oxygen atoms in total. The van der Waals surface area contributed by atoms with Crippen LogP contribution in [0.1, 0.15) is 21.5 Å². The second-order valence-corrected chi connectivity index (χ2v) is 6.04. The summed E-state index contributed by atoms with van der Waals surface area (Å²) >= 11 is 3.32. The van der Waals surface area contributed by atoms with Gasteiger partial charge in [0.2, 0.25) is 5.91 Å². The van der Waals surface area contributed by atoms with E-state index in [0.717, 1.165) is 6.42 Å². The maximum atomic E-state index is 12.0. The van der Waals surface area contributed by atoms with Crippen molar-refractivity contribution in [3.63, 3.8) is 0 Å². The zero-order valence-electron chi connectivity index (χ0n) is 12.9. The van der Waals surface area contributed by atoms with Gasteiger partial charge >= 0.3 is 0 Å². The number of carbonyl (C=O) groups is 2. The molecule has 2 aromatic carbocycles. The van der Waals surface area contributed by atoms with Gasteiger partial charge in [-0.05, 0) is 52.5 Å². The quantitative estimate of drug-likeness (QED) is 0.816. The van der Waals surface area contributed by atoms with E-state index in [-0.39, 0.29) is 18.4 Å². The van der Waals surface area contributed by atoms with Crippen LogP contribution in [0.4, 0.5) is 0 Å². The molecule has 0 radical (unpaired) electrons. The third-order valence-corrected chi connectivity index (χ3v) is 4.20. The summed E-state index contributed by atoms with van der Waals surface area (Å²) in [6, 6.07) is 15.2. The Morgan fingerprint density at radius 3 is 2.43 bits per heavy atom. The third kappa shape index (κ3) is 5.21. The summed E-state index contributed by atoms with van der Waals surface area (Å²) in [6.45, 7) is 2.57. The highest BCUT2D eigenvalue weighted by Crippen LogP contribution is 2.15. The number of hydrogen-bond donors (Lipinski definition) is 2. The molecule has 0 spiro atoms. The summed E-state index contributed by atoms with van der Waals surface area (Å²) < 4.78 is 0.706. The minimum absolute atomic E-state index is 0.0338. The van der Waals surface area contributed by atoms with E-state index >= 15 is 0 Å². The summed E-state index contributed by atoms with van der Waals surface area (Å²) in [5.41, 5.74) is 2.94. The number of halogens is 1. The number of carbonyl (C=O) groups excluding carboxylic acids is 2. The average molecular weight is 375 g/mol. The molecule has 2 amide bonds. The molecule has 0 saturated heterocycles. The molecule has 0 aliphatic carbocycles. The van der Waals surface area contributed by atoms with Gasteiger partial charge < -0.3 is 10.6 Å². The van der Waals surface area contributed by atoms with Crippen LogP contribution in [0.2, 0.25) is 0 Å². The second-order valence-electron chi connectivity index (χ2n) is 5.19. The maximum Gasteiger partial charge on any atom is 0.252 e. The van der Waals surface area contributed by atoms with E-state index < -0.39 is 0 Å². The first-order valence-corrected chi connectivity index (χ1v) is 8.21. The zero-order valence-corrected chi connectivity index (χ0v) is 14.5. The first-order valence-electron chi connectivity index (χ1n) is 7.42. The number of benzene rings is 2. The van der Waals surface area contributed by atoms with Crippen LogP contribution in [0, 0.1) is 6.92 Å². The van der Waals surface area contributed by atoms with E-state index in [1.807, 2.05) is 18.2 Å². The molecule has 0 heterocycles. The zero-order chi connectivity index (χ0) is 16.7. The lowest BCUT2D eigenvalue weighted by Crippen LogP contribution is -2.37. The smallest absolute Gasteiger partial charge is 0.252 e. The van der Waals surface area contributed by atoms with Crippen molar-refractivity contribution in [1.29, 1.82) is 0 Å². The van der Waals surface area contributed by atoms with Crippen LogP contribution in [0.3, 0.4) is 0 Å². The summed E-state index contributed by atoms with van der Waals surface area (Å²) in [6.07, 6.45) is 0.774. The molecule has 0 aromatic heterocycles. The van der Waals surface area contributed by atoms with E-state index in [9.17, 15) is 9.59 Å². The molecular formula is C18H19BrN2O2. The highest BCUT2D eigenvalue weighted by atomic mass is 79.9. The van der Waals surface area contributed by atoms with Gasteiger partial charge in [0, 0.05) is 11.0 Å². The number of hydrogen-bond acceptors (Lipinski definition) is 2. The standard InChI is InChI=1S/C18H19BrN2O2/c1-13-6-2-3-7-14(13)10-11-20-17(22)12-21-18(23)15-8-4-5-9-16(15)19/h2-9H,10-12H2,1H3,(H,20,22)(H,21,23). The molecule has 0 aliphatic heterocycles. The highest BCUT2D eigenvalue weighted by Gasteiger charge is 2.10. The Morgan fingerprint density at radius 1 is 1.00 bits per heavy atom. The van der Waals surface area contributed by atoms with E-state index in [4.69, 9.17) is 0 Å². The molecule has 2 N–H and O–H groups in total. The van der Waals surface area contributed by atoms with Crippen LogP contribution >= 0.6 is 15.9 Å². The number of rotatable bonds is 6. The van der Waals surface area contributed by atoms with Crippen LogP contribution in [0.5, 0.6) is 0 Å². The maximum absolute atomic E-state index is 12.0. The molecule has 0 aliphatic rings. The molecule has 2 rings (SSSR count). The predicted octanol–water partition coefficient (Wildman–Crippen LogP) is 2.85. The van der Waals surface area contributed by atoms with Crippen LogP contribution in [0.25, 0.3) is 0 Å². The number of aryl methyl sites for hydroxylation is 1. The van der Waals surface area contributed by atoms with Gasteiger partial charge in [-0.2, -0.15) is 0 Å². The Morgan fingerprint density at radius 2 is 1.70 bits per heavy atom. The van der Waals surface area contributed by atoms with Crippen molar-refractivity contribution in [2.75, 3.05) is 13.1 Å². The van der Waals surface area contributed by atoms with E-state index in [2.05, 4.69) is 45.6 Å². The Hall–Kier alpha value is -2.14. The molecule has 23 heavy (non-hydrogen) atoms. The van der Waals surface area contributed by atoms with Crippen molar-refractivity contribution < 1.29 is 9.59 Å². The van der Waals surface area contributed by atoms with Gasteiger partial charge in [-0.3, -0.25) is 9.59 Å². The fraction of sp³-hybridized carbons (Fsp3) is 0.222. The van der Waals surface area contributed by atoms with E-state index in [0.29, 0.717) is 16.6 Å². The predicted molar refractivity (Wildman–Crippen MR) is 94.4 cm³/mol. The SMILES string of the molecule is Cc1ccccc1CCNC(=O)CNC(=O)c1ccccc1Br. The van der Waals surface area contributed by atoms with Gasteiger partial charge in [0.05, 0.1) is 12.1 Å². The molecule has 0 saturated carbocycles. The number of nitrogens with one attached hydrogen (secondary N) is 2. The van der Waals surface area contributed by atoms with Crippen LogP contribution in [-0.2, 0) is 11.2 Å². The summed E-state index contributed by atoms with van der Waals surface area (Å²) in [7, 11) is 0. The largest absolute Gasteiger partial charge is 0.354 e. The Kier molecular flexibility index (Phi) is 6.35. The monoisotopic (exact) mass is 374 g/mol. The molecule has 0 fully saturated rings. The van der Waals surface area contributed by atoms with Gasteiger partial charge in [-0.1, -0.05) is 36.4 Å². The fourth-order valence-corrected chi connectivity index (χ4v) is 2.66. The fourth-order valence-electron chi connectivity index (χ4n) is 2.19. The normalized spacial score (nSPS) is 10.2. The van der Waals surface area contributed by atoms with Gasteiger partial charge in [0.15, 0.2) is 0 Å². The minimum atomic E-state index is -0.272. The van der Waals surface area contributed by atoms with Gasteiger partial charge in [0.25, 0.3) is 5.91 Å². The van der Waals surface area contributed by atoms with E-state index in [1.54, 1.807) is 18.2 Å². The van der Waals surface area contributed by atoms with Crippen molar-refractivity contribution in [3.8, 4) is 0 Å². The lowest BCUT2D eigenvalue weighted by Gasteiger charge is -2.09. The molecule has 0 unspecified atom stereocenters. The highest BCUT2D eigenvalue weighted by molar-refractivity contribution is 9.10. The third-order valence-electron chi connectivity index (χ3n) is 3.51. The van der Waals surface area contributed by atoms with Crippen molar-refractivity contribution in [2.45, 2.75) is 13.3 Å². The first kappa shape index (κ1) is 17.2.